The normalized spacial score (nSPS) is 24.4. The summed E-state index contributed by atoms with van der Waals surface area (Å²) in [6.07, 6.45) is 2.39. The van der Waals surface area contributed by atoms with Crippen LogP contribution in [0.2, 0.25) is 0 Å². The van der Waals surface area contributed by atoms with Crippen LogP contribution in [0.15, 0.2) is 24.3 Å². The summed E-state index contributed by atoms with van der Waals surface area (Å²) in [6, 6.07) is 9.06. The summed E-state index contributed by atoms with van der Waals surface area (Å²) in [6.45, 7) is 2.34. The Morgan fingerprint density at radius 1 is 1.44 bits per heavy atom. The minimum Gasteiger partial charge on any atom is -0.316 e. The van der Waals surface area contributed by atoms with Crippen molar-refractivity contribution in [3.8, 4) is 0 Å². The van der Waals surface area contributed by atoms with Crippen molar-refractivity contribution in [3.63, 3.8) is 0 Å². The molecule has 1 saturated carbocycles. The molecule has 1 heterocycles. The molecule has 3 rings (SSSR count). The molecule has 96 valence electrons. The lowest BCUT2D eigenvalue weighted by atomic mass is 10.0. The Morgan fingerprint density at radius 3 is 2.83 bits per heavy atom. The number of benzene rings is 1. The van der Waals surface area contributed by atoms with Crippen LogP contribution in [0, 0.1) is 11.8 Å². The molecule has 0 radical (unpaired) electrons. The Balaban J connectivity index is 1.90. The van der Waals surface area contributed by atoms with Gasteiger partial charge in [-0.15, -0.1) is 0 Å². The summed E-state index contributed by atoms with van der Waals surface area (Å²) in [5.74, 6) is 1.70. The van der Waals surface area contributed by atoms with Crippen molar-refractivity contribution in [2.24, 2.45) is 18.9 Å². The zero-order chi connectivity index (χ0) is 12.7. The second-order valence-electron chi connectivity index (χ2n) is 5.56. The summed E-state index contributed by atoms with van der Waals surface area (Å²) in [4.78, 5) is 0. The van der Waals surface area contributed by atoms with Crippen molar-refractivity contribution in [1.29, 1.82) is 0 Å². The van der Waals surface area contributed by atoms with Crippen LogP contribution in [-0.2, 0) is 13.5 Å². The van der Waals surface area contributed by atoms with Crippen LogP contribution in [0.5, 0.6) is 0 Å². The molecule has 1 aliphatic carbocycles. The molecule has 1 fully saturated rings. The van der Waals surface area contributed by atoms with E-state index >= 15 is 0 Å². The Labute approximate surface area is 108 Å². The highest BCUT2D eigenvalue weighted by Crippen LogP contribution is 2.41. The van der Waals surface area contributed by atoms with Gasteiger partial charge < -0.3 is 5.32 Å². The number of rotatable bonds is 4. The zero-order valence-corrected chi connectivity index (χ0v) is 11.4. The highest BCUT2D eigenvalue weighted by atomic mass is 15.3. The van der Waals surface area contributed by atoms with Gasteiger partial charge >= 0.3 is 0 Å². The van der Waals surface area contributed by atoms with E-state index in [0.717, 1.165) is 18.3 Å². The van der Waals surface area contributed by atoms with Crippen molar-refractivity contribution >= 4 is 10.9 Å². The number of aromatic nitrogens is 2. The Morgan fingerprint density at radius 2 is 2.17 bits per heavy atom. The first kappa shape index (κ1) is 11.7. The predicted octanol–water partition coefficient (Wildman–Crippen LogP) is 2.36. The molecular weight excluding hydrogens is 222 g/mol. The maximum atomic E-state index is 4.69. The first-order chi connectivity index (χ1) is 8.70. The highest BCUT2D eigenvalue weighted by Gasteiger charge is 2.39. The van der Waals surface area contributed by atoms with Gasteiger partial charge in [0.1, 0.15) is 0 Å². The molecule has 0 aliphatic heterocycles. The molecule has 0 bridgehead atoms. The summed E-state index contributed by atoms with van der Waals surface area (Å²) in [5, 5.41) is 9.46. The average Bonchev–Trinajstić information content (AvgIpc) is 3.02. The second kappa shape index (κ2) is 4.39. The van der Waals surface area contributed by atoms with E-state index in [1.165, 1.54) is 23.0 Å². The van der Waals surface area contributed by atoms with Crippen LogP contribution in [0.25, 0.3) is 10.9 Å². The molecule has 1 aromatic heterocycles. The molecule has 2 aromatic rings. The molecule has 18 heavy (non-hydrogen) atoms. The lowest BCUT2D eigenvalue weighted by Gasteiger charge is -2.14. The van der Waals surface area contributed by atoms with Crippen LogP contribution in [-0.4, -0.2) is 22.9 Å². The van der Waals surface area contributed by atoms with Gasteiger partial charge in [0.25, 0.3) is 0 Å². The molecule has 0 saturated heterocycles. The van der Waals surface area contributed by atoms with Crippen molar-refractivity contribution < 1.29 is 0 Å². The van der Waals surface area contributed by atoms with Gasteiger partial charge in [-0.05, 0) is 31.4 Å². The van der Waals surface area contributed by atoms with E-state index in [2.05, 4.69) is 48.7 Å². The number of likely N-dealkylation sites (N-methyl/N-ethyl adjacent to an activating group) is 1. The van der Waals surface area contributed by atoms with Crippen LogP contribution in [0.4, 0.5) is 0 Å². The Bertz CT molecular complexity index is 558. The van der Waals surface area contributed by atoms with Crippen molar-refractivity contribution in [3.05, 3.63) is 30.0 Å². The number of nitrogens with zero attached hydrogens (tertiary/aromatic N) is 2. The number of aryl methyl sites for hydroxylation is 1. The Kier molecular flexibility index (Phi) is 2.86. The third kappa shape index (κ3) is 1.93. The number of hydrogen-bond donors (Lipinski definition) is 1. The average molecular weight is 243 g/mol. The van der Waals surface area contributed by atoms with Crippen LogP contribution < -0.4 is 5.32 Å². The minimum absolute atomic E-state index is 0.568. The van der Waals surface area contributed by atoms with Crippen LogP contribution in [0.3, 0.4) is 0 Å². The molecule has 3 heteroatoms. The molecule has 1 aromatic carbocycles. The fraction of sp³-hybridized carbons (Fsp3) is 0.533. The Hall–Kier alpha value is -1.35. The fourth-order valence-electron chi connectivity index (χ4n) is 3.03. The zero-order valence-electron chi connectivity index (χ0n) is 11.4. The van der Waals surface area contributed by atoms with Crippen molar-refractivity contribution in [2.75, 3.05) is 7.05 Å². The molecule has 0 amide bonds. The summed E-state index contributed by atoms with van der Waals surface area (Å²) in [7, 11) is 4.10. The van der Waals surface area contributed by atoms with Crippen molar-refractivity contribution in [2.45, 2.75) is 25.8 Å². The van der Waals surface area contributed by atoms with Gasteiger partial charge in [0.15, 0.2) is 0 Å². The summed E-state index contributed by atoms with van der Waals surface area (Å²) >= 11 is 0. The first-order valence-corrected chi connectivity index (χ1v) is 6.78. The summed E-state index contributed by atoms with van der Waals surface area (Å²) < 4.78 is 1.99. The maximum Gasteiger partial charge on any atom is 0.0718 e. The third-order valence-corrected chi connectivity index (χ3v) is 4.31. The van der Waals surface area contributed by atoms with Crippen LogP contribution >= 0.6 is 0 Å². The monoisotopic (exact) mass is 243 g/mol. The number of para-hydroxylation sites is 1. The lowest BCUT2D eigenvalue weighted by molar-refractivity contribution is 0.474. The topological polar surface area (TPSA) is 29.9 Å². The molecule has 1 aliphatic rings. The summed E-state index contributed by atoms with van der Waals surface area (Å²) in [5.41, 5.74) is 2.46. The fourth-order valence-corrected chi connectivity index (χ4v) is 3.03. The highest BCUT2D eigenvalue weighted by molar-refractivity contribution is 5.81. The first-order valence-electron chi connectivity index (χ1n) is 6.78. The van der Waals surface area contributed by atoms with E-state index in [-0.39, 0.29) is 0 Å². The number of fused-ring (bicyclic) bond motifs is 1. The van der Waals surface area contributed by atoms with Crippen LogP contribution in [0.1, 0.15) is 19.0 Å². The van der Waals surface area contributed by atoms with Gasteiger partial charge in [-0.3, -0.25) is 4.68 Å². The van der Waals surface area contributed by atoms with E-state index in [9.17, 15) is 0 Å². The van der Waals surface area contributed by atoms with Crippen molar-refractivity contribution in [1.82, 2.24) is 15.1 Å². The van der Waals surface area contributed by atoms with E-state index in [1.807, 2.05) is 11.7 Å². The van der Waals surface area contributed by atoms with E-state index < -0.39 is 0 Å². The minimum atomic E-state index is 0.568. The maximum absolute atomic E-state index is 4.69. The molecule has 3 unspecified atom stereocenters. The SMILES string of the molecule is CNC(Cc1nn(C)c2ccccc12)C1CC1C. The van der Waals surface area contributed by atoms with Gasteiger partial charge in [-0.1, -0.05) is 25.1 Å². The molecule has 3 nitrogen and oxygen atoms in total. The molecule has 3 atom stereocenters. The quantitative estimate of drug-likeness (QED) is 0.893. The molecule has 1 N–H and O–H groups in total. The third-order valence-electron chi connectivity index (χ3n) is 4.31. The van der Waals surface area contributed by atoms with E-state index in [1.54, 1.807) is 0 Å². The van der Waals surface area contributed by atoms with Gasteiger partial charge in [0.2, 0.25) is 0 Å². The number of nitrogens with one attached hydrogen (secondary N) is 1. The van der Waals surface area contributed by atoms with Gasteiger partial charge in [0, 0.05) is 24.9 Å². The smallest absolute Gasteiger partial charge is 0.0718 e. The second-order valence-corrected chi connectivity index (χ2v) is 5.56. The van der Waals surface area contributed by atoms with Gasteiger partial charge in [-0.25, -0.2) is 0 Å². The van der Waals surface area contributed by atoms with Gasteiger partial charge in [-0.2, -0.15) is 5.10 Å². The molecule has 0 spiro atoms. The lowest BCUT2D eigenvalue weighted by Crippen LogP contribution is -2.30. The number of hydrogen-bond acceptors (Lipinski definition) is 2. The standard InChI is InChI=1S/C15H21N3/c1-10-8-12(10)13(16-2)9-14-11-6-4-5-7-15(11)18(3)17-14/h4-7,10,12-13,16H,8-9H2,1-3H3. The molecular formula is C15H21N3. The predicted molar refractivity (Wildman–Crippen MR) is 74.5 cm³/mol. The largest absolute Gasteiger partial charge is 0.316 e. The van der Waals surface area contributed by atoms with E-state index in [4.69, 9.17) is 0 Å². The van der Waals surface area contributed by atoms with E-state index in [0.29, 0.717) is 6.04 Å². The van der Waals surface area contributed by atoms with Gasteiger partial charge in [0.05, 0.1) is 11.2 Å².